The molecule has 2 aromatic carbocycles. The van der Waals surface area contributed by atoms with E-state index in [1.54, 1.807) is 18.2 Å². The topological polar surface area (TPSA) is 87.4 Å². The van der Waals surface area contributed by atoms with Gasteiger partial charge >= 0.3 is 0 Å². The van der Waals surface area contributed by atoms with Crippen molar-refractivity contribution in [3.63, 3.8) is 0 Å². The number of phenolic OH excluding ortho intramolecular Hbond substituents is 1. The van der Waals surface area contributed by atoms with Crippen LogP contribution in [0.5, 0.6) is 28.7 Å². The molecule has 7 nitrogen and oxygen atoms in total. The van der Waals surface area contributed by atoms with Crippen molar-refractivity contribution in [3.05, 3.63) is 63.9 Å². The third-order valence-corrected chi connectivity index (χ3v) is 5.51. The maximum atomic E-state index is 12.7. The predicted molar refractivity (Wildman–Crippen MR) is 137 cm³/mol. The Morgan fingerprint density at radius 2 is 1.63 bits per heavy atom. The van der Waals surface area contributed by atoms with Crippen molar-refractivity contribution in [1.29, 1.82) is 0 Å². The molecule has 0 aliphatic rings. The predicted octanol–water partition coefficient (Wildman–Crippen LogP) is 6.26. The molecule has 0 aliphatic heterocycles. The molecule has 0 atom stereocenters. The fourth-order valence-corrected chi connectivity index (χ4v) is 3.63. The van der Waals surface area contributed by atoms with Crippen molar-refractivity contribution in [3.8, 4) is 40.1 Å². The van der Waals surface area contributed by atoms with Gasteiger partial charge in [-0.2, -0.15) is 0 Å². The van der Waals surface area contributed by atoms with Crippen LogP contribution >= 0.6 is 0 Å². The summed E-state index contributed by atoms with van der Waals surface area (Å²) >= 11 is 0. The summed E-state index contributed by atoms with van der Waals surface area (Å²) < 4.78 is 28.2. The standard InChI is InChI=1S/C28H32O7/c1-17(2)8-7-9-18(3)10-11-34-28-25(32-5)12-19(13-26(28)33-6)23-16-22(30)27-21(29)14-20(31-4)15-24(27)35-23/h8,10,12-16,29H,7,9,11H2,1-6H3/b18-10+. The molecule has 0 radical (unpaired) electrons. The lowest BCUT2D eigenvalue weighted by atomic mass is 10.1. The third kappa shape index (κ3) is 6.18. The SMILES string of the molecule is COc1cc(O)c2c(=O)cc(-c3cc(OC)c(OC/C=C(\C)CCC=C(C)C)c(OC)c3)oc2c1. The van der Waals surface area contributed by atoms with Gasteiger partial charge in [-0.05, 0) is 51.8 Å². The average molecular weight is 481 g/mol. The summed E-state index contributed by atoms with van der Waals surface area (Å²) in [4.78, 5) is 12.7. The molecule has 1 heterocycles. The van der Waals surface area contributed by atoms with E-state index in [9.17, 15) is 9.90 Å². The van der Waals surface area contributed by atoms with E-state index in [-0.39, 0.29) is 27.9 Å². The minimum absolute atomic E-state index is 0.0835. The fraction of sp³-hybridized carbons (Fsp3) is 0.321. The first kappa shape index (κ1) is 25.7. The number of ether oxygens (including phenoxy) is 4. The maximum Gasteiger partial charge on any atom is 0.203 e. The van der Waals surface area contributed by atoms with E-state index in [4.69, 9.17) is 23.4 Å². The Bertz CT molecular complexity index is 1290. The van der Waals surface area contributed by atoms with E-state index in [0.717, 1.165) is 12.8 Å². The van der Waals surface area contributed by atoms with Crippen LogP contribution in [-0.2, 0) is 0 Å². The summed E-state index contributed by atoms with van der Waals surface area (Å²) in [6.45, 7) is 6.62. The van der Waals surface area contributed by atoms with E-state index < -0.39 is 0 Å². The Labute approximate surface area is 205 Å². The number of fused-ring (bicyclic) bond motifs is 1. The number of benzene rings is 2. The Kier molecular flexibility index (Phi) is 8.47. The molecule has 186 valence electrons. The molecule has 0 amide bonds. The molecule has 0 aliphatic carbocycles. The normalized spacial score (nSPS) is 11.3. The summed E-state index contributed by atoms with van der Waals surface area (Å²) in [6.07, 6.45) is 6.20. The molecular weight excluding hydrogens is 448 g/mol. The molecule has 0 bridgehead atoms. The zero-order chi connectivity index (χ0) is 25.5. The molecule has 0 saturated carbocycles. The summed E-state index contributed by atoms with van der Waals surface area (Å²) in [6, 6.07) is 7.68. The molecule has 3 rings (SSSR count). The quantitative estimate of drug-likeness (QED) is 0.343. The molecule has 1 aromatic heterocycles. The number of rotatable bonds is 10. The summed E-state index contributed by atoms with van der Waals surface area (Å²) in [7, 11) is 4.54. The zero-order valence-electron chi connectivity index (χ0n) is 21.1. The van der Waals surface area contributed by atoms with E-state index in [1.807, 2.05) is 6.08 Å². The lowest BCUT2D eigenvalue weighted by Crippen LogP contribution is -2.03. The van der Waals surface area contributed by atoms with Crippen LogP contribution in [0.25, 0.3) is 22.3 Å². The monoisotopic (exact) mass is 480 g/mol. The first-order valence-corrected chi connectivity index (χ1v) is 11.3. The fourth-order valence-electron chi connectivity index (χ4n) is 3.63. The molecule has 35 heavy (non-hydrogen) atoms. The van der Waals surface area contributed by atoms with Gasteiger partial charge < -0.3 is 28.5 Å². The number of phenols is 1. The second-order valence-electron chi connectivity index (χ2n) is 8.39. The molecule has 0 saturated heterocycles. The Morgan fingerprint density at radius 1 is 0.943 bits per heavy atom. The van der Waals surface area contributed by atoms with Gasteiger partial charge in [-0.25, -0.2) is 0 Å². The smallest absolute Gasteiger partial charge is 0.203 e. The highest BCUT2D eigenvalue weighted by Crippen LogP contribution is 2.42. The number of aromatic hydroxyl groups is 1. The first-order valence-electron chi connectivity index (χ1n) is 11.3. The van der Waals surface area contributed by atoms with Crippen LogP contribution in [0.3, 0.4) is 0 Å². The second kappa shape index (κ2) is 11.5. The highest BCUT2D eigenvalue weighted by atomic mass is 16.5. The van der Waals surface area contributed by atoms with E-state index >= 15 is 0 Å². The van der Waals surface area contributed by atoms with Crippen molar-refractivity contribution in [2.45, 2.75) is 33.6 Å². The van der Waals surface area contributed by atoms with Crippen LogP contribution in [-0.4, -0.2) is 33.0 Å². The van der Waals surface area contributed by atoms with Gasteiger partial charge in [0.2, 0.25) is 5.75 Å². The van der Waals surface area contributed by atoms with Crippen LogP contribution in [0.2, 0.25) is 0 Å². The van der Waals surface area contributed by atoms with Gasteiger partial charge in [0.1, 0.15) is 34.8 Å². The van der Waals surface area contributed by atoms with Crippen LogP contribution in [0.1, 0.15) is 33.6 Å². The van der Waals surface area contributed by atoms with Gasteiger partial charge in [-0.1, -0.05) is 17.2 Å². The number of methoxy groups -OCH3 is 3. The largest absolute Gasteiger partial charge is 0.507 e. The van der Waals surface area contributed by atoms with Crippen LogP contribution in [0, 0.1) is 0 Å². The van der Waals surface area contributed by atoms with E-state index in [2.05, 4.69) is 26.8 Å². The Balaban J connectivity index is 1.94. The maximum absolute atomic E-state index is 12.7. The van der Waals surface area contributed by atoms with E-state index in [1.165, 1.54) is 44.6 Å². The number of hydrogen-bond acceptors (Lipinski definition) is 7. The van der Waals surface area contributed by atoms with Gasteiger partial charge in [-0.3, -0.25) is 4.79 Å². The van der Waals surface area contributed by atoms with Crippen molar-refractivity contribution >= 4 is 11.0 Å². The van der Waals surface area contributed by atoms with Gasteiger partial charge in [0.25, 0.3) is 0 Å². The lowest BCUT2D eigenvalue weighted by Gasteiger charge is -2.16. The number of allylic oxidation sites excluding steroid dienone is 3. The van der Waals surface area contributed by atoms with Gasteiger partial charge in [0.15, 0.2) is 16.9 Å². The Hall–Kier alpha value is -3.87. The lowest BCUT2D eigenvalue weighted by molar-refractivity contribution is 0.300. The molecule has 1 N–H and O–H groups in total. The molecule has 0 unspecified atom stereocenters. The van der Waals surface area contributed by atoms with Crippen molar-refractivity contribution in [2.24, 2.45) is 0 Å². The van der Waals surface area contributed by atoms with Crippen LogP contribution < -0.4 is 24.4 Å². The minimum atomic E-state index is -0.381. The highest BCUT2D eigenvalue weighted by Gasteiger charge is 2.18. The second-order valence-corrected chi connectivity index (χ2v) is 8.39. The summed E-state index contributed by atoms with van der Waals surface area (Å²) in [5.74, 6) is 1.78. The Morgan fingerprint density at radius 3 is 2.23 bits per heavy atom. The van der Waals surface area contributed by atoms with E-state index in [0.29, 0.717) is 35.2 Å². The van der Waals surface area contributed by atoms with Gasteiger partial charge in [0, 0.05) is 23.8 Å². The zero-order valence-corrected chi connectivity index (χ0v) is 21.1. The van der Waals surface area contributed by atoms with Crippen molar-refractivity contribution in [1.82, 2.24) is 0 Å². The molecular formula is C28H32O7. The van der Waals surface area contributed by atoms with Crippen LogP contribution in [0.15, 0.2) is 62.8 Å². The summed E-state index contributed by atoms with van der Waals surface area (Å²) in [5.41, 5.74) is 2.92. The van der Waals surface area contributed by atoms with Crippen molar-refractivity contribution < 1.29 is 28.5 Å². The van der Waals surface area contributed by atoms with Crippen molar-refractivity contribution in [2.75, 3.05) is 27.9 Å². The molecule has 3 aromatic rings. The molecule has 7 heteroatoms. The van der Waals surface area contributed by atoms with Gasteiger partial charge in [-0.15, -0.1) is 0 Å². The minimum Gasteiger partial charge on any atom is -0.507 e. The van der Waals surface area contributed by atoms with Gasteiger partial charge in [0.05, 0.1) is 21.3 Å². The molecule has 0 spiro atoms. The highest BCUT2D eigenvalue weighted by molar-refractivity contribution is 5.86. The molecule has 0 fully saturated rings. The first-order chi connectivity index (χ1) is 16.8. The van der Waals surface area contributed by atoms with Crippen LogP contribution in [0.4, 0.5) is 0 Å². The summed E-state index contributed by atoms with van der Waals surface area (Å²) in [5, 5.41) is 10.3. The number of hydrogen-bond donors (Lipinski definition) is 1. The third-order valence-electron chi connectivity index (χ3n) is 5.51. The average Bonchev–Trinajstić information content (AvgIpc) is 2.82.